The smallest absolute Gasteiger partial charge is 0.399 e. The maximum atomic E-state index is 13.3. The van der Waals surface area contributed by atoms with E-state index in [0.29, 0.717) is 17.6 Å². The Hall–Kier alpha value is -1.76. The molecule has 0 aliphatic rings. The average Bonchev–Trinajstić information content (AvgIpc) is 2.77. The maximum Gasteiger partial charge on any atom is 0.449 e. The standard InChI is InChI=1S/C14H18F3N3O/c1-3-13(2,6-7-21)20-11-5-4-9(18)8-10(11)19-12(20)14(15,16)17/h4-5,8,21H,3,6-7,18H2,1-2H3. The van der Waals surface area contributed by atoms with Gasteiger partial charge in [0, 0.05) is 17.8 Å². The van der Waals surface area contributed by atoms with Crippen molar-refractivity contribution in [1.82, 2.24) is 9.55 Å². The monoisotopic (exact) mass is 301 g/mol. The van der Waals surface area contributed by atoms with Gasteiger partial charge in [-0.15, -0.1) is 0 Å². The lowest BCUT2D eigenvalue weighted by atomic mass is 9.94. The van der Waals surface area contributed by atoms with Crippen molar-refractivity contribution < 1.29 is 18.3 Å². The summed E-state index contributed by atoms with van der Waals surface area (Å²) < 4.78 is 41.1. The highest BCUT2D eigenvalue weighted by atomic mass is 19.4. The van der Waals surface area contributed by atoms with Gasteiger partial charge in [0.05, 0.1) is 11.0 Å². The molecule has 0 amide bonds. The lowest BCUT2D eigenvalue weighted by Gasteiger charge is -2.32. The number of benzene rings is 1. The van der Waals surface area contributed by atoms with Crippen molar-refractivity contribution in [3.05, 3.63) is 24.0 Å². The second-order valence-electron chi connectivity index (χ2n) is 5.34. The predicted molar refractivity (Wildman–Crippen MR) is 74.8 cm³/mol. The van der Waals surface area contributed by atoms with Crippen LogP contribution < -0.4 is 5.73 Å². The third-order valence-corrected chi connectivity index (χ3v) is 3.88. The van der Waals surface area contributed by atoms with Gasteiger partial charge in [-0.3, -0.25) is 0 Å². The van der Waals surface area contributed by atoms with Crippen molar-refractivity contribution in [3.8, 4) is 0 Å². The zero-order valence-electron chi connectivity index (χ0n) is 11.9. The van der Waals surface area contributed by atoms with E-state index >= 15 is 0 Å². The normalized spacial score (nSPS) is 15.3. The Bertz CT molecular complexity index is 651. The molecule has 0 radical (unpaired) electrons. The highest BCUT2D eigenvalue weighted by Crippen LogP contribution is 2.38. The summed E-state index contributed by atoms with van der Waals surface area (Å²) in [5.41, 5.74) is 5.69. The zero-order chi connectivity index (χ0) is 15.8. The molecule has 0 saturated heterocycles. The molecule has 0 fully saturated rings. The Morgan fingerprint density at radius 3 is 2.52 bits per heavy atom. The molecule has 3 N–H and O–H groups in total. The fraction of sp³-hybridized carbons (Fsp3) is 0.500. The highest BCUT2D eigenvalue weighted by molar-refractivity contribution is 5.80. The number of anilines is 1. The molecule has 21 heavy (non-hydrogen) atoms. The Morgan fingerprint density at radius 2 is 2.00 bits per heavy atom. The molecule has 0 aliphatic carbocycles. The quantitative estimate of drug-likeness (QED) is 0.853. The van der Waals surface area contributed by atoms with Crippen LogP contribution in [0, 0.1) is 0 Å². The molecule has 116 valence electrons. The zero-order valence-corrected chi connectivity index (χ0v) is 11.9. The molecule has 1 aromatic carbocycles. The number of fused-ring (bicyclic) bond motifs is 1. The van der Waals surface area contributed by atoms with Gasteiger partial charge in [0.15, 0.2) is 0 Å². The molecule has 1 atom stereocenters. The van der Waals surface area contributed by atoms with Crippen LogP contribution in [0.5, 0.6) is 0 Å². The molecule has 0 aliphatic heterocycles. The molecule has 0 spiro atoms. The SMILES string of the molecule is CCC(C)(CCO)n1c(C(F)(F)F)nc2cc(N)ccc21. The van der Waals surface area contributed by atoms with Crippen LogP contribution in [0.4, 0.5) is 18.9 Å². The van der Waals surface area contributed by atoms with Crippen molar-refractivity contribution >= 4 is 16.7 Å². The molecule has 7 heteroatoms. The molecular formula is C14H18F3N3O. The Balaban J connectivity index is 2.80. The number of halogens is 3. The van der Waals surface area contributed by atoms with Crippen LogP contribution in [0.2, 0.25) is 0 Å². The van der Waals surface area contributed by atoms with Gasteiger partial charge in [-0.25, -0.2) is 4.98 Å². The average molecular weight is 301 g/mol. The predicted octanol–water partition coefficient (Wildman–Crippen LogP) is 3.14. The molecule has 4 nitrogen and oxygen atoms in total. The van der Waals surface area contributed by atoms with E-state index in [4.69, 9.17) is 5.73 Å². The Labute approximate surface area is 120 Å². The van der Waals surface area contributed by atoms with E-state index < -0.39 is 17.5 Å². The number of nitrogens with zero attached hydrogens (tertiary/aromatic N) is 2. The summed E-state index contributed by atoms with van der Waals surface area (Å²) in [5, 5.41) is 9.21. The number of hydrogen-bond acceptors (Lipinski definition) is 3. The van der Waals surface area contributed by atoms with E-state index in [1.807, 2.05) is 0 Å². The van der Waals surface area contributed by atoms with Crippen molar-refractivity contribution in [2.45, 2.75) is 38.4 Å². The number of imidazole rings is 1. The summed E-state index contributed by atoms with van der Waals surface area (Å²) in [7, 11) is 0. The van der Waals surface area contributed by atoms with Crippen molar-refractivity contribution in [3.63, 3.8) is 0 Å². The summed E-state index contributed by atoms with van der Waals surface area (Å²) in [6.45, 7) is 3.28. The largest absolute Gasteiger partial charge is 0.449 e. The first kappa shape index (κ1) is 15.6. The first-order chi connectivity index (χ1) is 9.73. The fourth-order valence-corrected chi connectivity index (χ4v) is 2.52. The topological polar surface area (TPSA) is 64.1 Å². The number of aliphatic hydroxyl groups excluding tert-OH is 1. The molecule has 0 saturated carbocycles. The third kappa shape index (κ3) is 2.70. The lowest BCUT2D eigenvalue weighted by molar-refractivity contribution is -0.149. The summed E-state index contributed by atoms with van der Waals surface area (Å²) in [4.78, 5) is 3.72. The number of alkyl halides is 3. The number of rotatable bonds is 4. The minimum atomic E-state index is -4.57. The van der Waals surface area contributed by atoms with E-state index in [9.17, 15) is 18.3 Å². The van der Waals surface area contributed by atoms with Gasteiger partial charge in [-0.1, -0.05) is 6.92 Å². The van der Waals surface area contributed by atoms with Crippen molar-refractivity contribution in [2.24, 2.45) is 0 Å². The van der Waals surface area contributed by atoms with E-state index in [2.05, 4.69) is 4.98 Å². The minimum absolute atomic E-state index is 0.198. The van der Waals surface area contributed by atoms with Gasteiger partial charge in [0.1, 0.15) is 0 Å². The van der Waals surface area contributed by atoms with Crippen LogP contribution in [0.3, 0.4) is 0 Å². The Morgan fingerprint density at radius 1 is 1.33 bits per heavy atom. The molecule has 2 aromatic rings. The number of aliphatic hydroxyl groups is 1. The summed E-state index contributed by atoms with van der Waals surface area (Å²) in [6, 6.07) is 4.52. The maximum absolute atomic E-state index is 13.3. The van der Waals surface area contributed by atoms with Crippen LogP contribution in [-0.4, -0.2) is 21.3 Å². The first-order valence-electron chi connectivity index (χ1n) is 6.69. The van der Waals surface area contributed by atoms with Crippen LogP contribution >= 0.6 is 0 Å². The van der Waals surface area contributed by atoms with Crippen LogP contribution in [-0.2, 0) is 11.7 Å². The van der Waals surface area contributed by atoms with Gasteiger partial charge in [-0.05, 0) is 38.0 Å². The van der Waals surface area contributed by atoms with Gasteiger partial charge in [0.25, 0.3) is 0 Å². The molecular weight excluding hydrogens is 283 g/mol. The van der Waals surface area contributed by atoms with Crippen molar-refractivity contribution in [2.75, 3.05) is 12.3 Å². The second-order valence-corrected chi connectivity index (χ2v) is 5.34. The highest BCUT2D eigenvalue weighted by Gasteiger charge is 2.42. The van der Waals surface area contributed by atoms with Crippen LogP contribution in [0.25, 0.3) is 11.0 Å². The summed E-state index contributed by atoms with van der Waals surface area (Å²) in [5.74, 6) is -0.958. The van der Waals surface area contributed by atoms with Gasteiger partial charge >= 0.3 is 6.18 Å². The molecule has 1 heterocycles. The number of nitrogens with two attached hydrogens (primary N) is 1. The van der Waals surface area contributed by atoms with Gasteiger partial charge in [0.2, 0.25) is 5.82 Å². The van der Waals surface area contributed by atoms with E-state index in [0.717, 1.165) is 0 Å². The minimum Gasteiger partial charge on any atom is -0.399 e. The molecule has 1 unspecified atom stereocenters. The molecule has 0 bridgehead atoms. The third-order valence-electron chi connectivity index (χ3n) is 3.88. The first-order valence-corrected chi connectivity index (χ1v) is 6.69. The lowest BCUT2D eigenvalue weighted by Crippen LogP contribution is -2.34. The van der Waals surface area contributed by atoms with E-state index in [1.165, 1.54) is 16.7 Å². The van der Waals surface area contributed by atoms with Gasteiger partial charge < -0.3 is 15.4 Å². The Kier molecular flexibility index (Phi) is 3.88. The molecule has 1 aromatic heterocycles. The summed E-state index contributed by atoms with van der Waals surface area (Å²) >= 11 is 0. The molecule has 2 rings (SSSR count). The number of aromatic nitrogens is 2. The second kappa shape index (κ2) is 5.22. The van der Waals surface area contributed by atoms with Crippen LogP contribution in [0.15, 0.2) is 18.2 Å². The summed E-state index contributed by atoms with van der Waals surface area (Å²) in [6.07, 6.45) is -3.92. The number of hydrogen-bond donors (Lipinski definition) is 2. The van der Waals surface area contributed by atoms with E-state index in [1.54, 1.807) is 19.9 Å². The van der Waals surface area contributed by atoms with Crippen molar-refractivity contribution in [1.29, 1.82) is 0 Å². The number of nitrogen functional groups attached to an aromatic ring is 1. The van der Waals surface area contributed by atoms with Gasteiger partial charge in [-0.2, -0.15) is 13.2 Å². The fourth-order valence-electron chi connectivity index (χ4n) is 2.52. The van der Waals surface area contributed by atoms with E-state index in [-0.39, 0.29) is 18.5 Å². The van der Waals surface area contributed by atoms with Crippen LogP contribution in [0.1, 0.15) is 32.5 Å².